The molecule has 2 aromatic carbocycles. The number of nitrogens with one attached hydrogen (secondary N) is 2. The van der Waals surface area contributed by atoms with Gasteiger partial charge in [0.05, 0.1) is 23.3 Å². The Balaban J connectivity index is 1.29. The lowest BCUT2D eigenvalue weighted by atomic mass is 10.2. The summed E-state index contributed by atoms with van der Waals surface area (Å²) in [5.41, 5.74) is 0.567. The molecule has 2 heterocycles. The average Bonchev–Trinajstić information content (AvgIpc) is 3.48. The van der Waals surface area contributed by atoms with E-state index < -0.39 is 28.5 Å². The summed E-state index contributed by atoms with van der Waals surface area (Å²) in [6.07, 6.45) is 1.44. The zero-order valence-corrected chi connectivity index (χ0v) is 17.4. The fourth-order valence-electron chi connectivity index (χ4n) is 2.82. The van der Waals surface area contributed by atoms with Crippen LogP contribution in [0.25, 0.3) is 0 Å². The van der Waals surface area contributed by atoms with Crippen LogP contribution in [-0.4, -0.2) is 33.7 Å². The minimum atomic E-state index is -3.79. The van der Waals surface area contributed by atoms with Gasteiger partial charge in [0.15, 0.2) is 18.1 Å². The molecule has 0 radical (unpaired) electrons. The van der Waals surface area contributed by atoms with Crippen LogP contribution in [0.4, 0.5) is 5.69 Å². The van der Waals surface area contributed by atoms with Crippen molar-refractivity contribution in [2.24, 2.45) is 0 Å². The summed E-state index contributed by atoms with van der Waals surface area (Å²) in [7, 11) is -3.79. The van der Waals surface area contributed by atoms with Gasteiger partial charge in [0.25, 0.3) is 5.91 Å². The summed E-state index contributed by atoms with van der Waals surface area (Å²) in [4.78, 5) is 24.2. The number of esters is 1. The average molecular weight is 458 g/mol. The number of anilines is 1. The van der Waals surface area contributed by atoms with Gasteiger partial charge in [-0.1, -0.05) is 0 Å². The molecule has 1 aromatic heterocycles. The monoisotopic (exact) mass is 458 g/mol. The molecule has 4 rings (SSSR count). The summed E-state index contributed by atoms with van der Waals surface area (Å²) in [5, 5.41) is 2.59. The molecule has 1 amide bonds. The molecule has 1 aliphatic heterocycles. The fourth-order valence-corrected chi connectivity index (χ4v) is 3.81. The minimum absolute atomic E-state index is 0.00237. The summed E-state index contributed by atoms with van der Waals surface area (Å²) in [6.45, 7) is -0.403. The van der Waals surface area contributed by atoms with Gasteiger partial charge in [0.2, 0.25) is 16.8 Å². The maximum Gasteiger partial charge on any atom is 0.338 e. The molecule has 2 N–H and O–H groups in total. The van der Waals surface area contributed by atoms with Crippen molar-refractivity contribution in [3.63, 3.8) is 0 Å². The predicted molar refractivity (Wildman–Crippen MR) is 111 cm³/mol. The SMILES string of the molecule is O=C(COC(=O)c1ccc(S(=O)(=O)NCc2ccco2)cc1)Nc1ccc2c(c1)OCO2. The molecule has 0 spiro atoms. The molecule has 166 valence electrons. The predicted octanol–water partition coefficient (Wildman–Crippen LogP) is 2.28. The second kappa shape index (κ2) is 9.12. The number of ether oxygens (including phenoxy) is 3. The first-order chi connectivity index (χ1) is 15.4. The highest BCUT2D eigenvalue weighted by Gasteiger charge is 2.17. The molecule has 0 saturated carbocycles. The van der Waals surface area contributed by atoms with E-state index in [2.05, 4.69) is 10.0 Å². The largest absolute Gasteiger partial charge is 0.468 e. The number of amides is 1. The Morgan fingerprint density at radius 1 is 1.00 bits per heavy atom. The van der Waals surface area contributed by atoms with Gasteiger partial charge in [0.1, 0.15) is 5.76 Å². The van der Waals surface area contributed by atoms with Crippen molar-refractivity contribution in [2.75, 3.05) is 18.7 Å². The Kier molecular flexibility index (Phi) is 6.10. The van der Waals surface area contributed by atoms with Gasteiger partial charge < -0.3 is 23.9 Å². The second-order valence-corrected chi connectivity index (χ2v) is 8.39. The molecule has 0 aliphatic carbocycles. The van der Waals surface area contributed by atoms with E-state index in [1.54, 1.807) is 30.3 Å². The van der Waals surface area contributed by atoms with Gasteiger partial charge in [0, 0.05) is 11.8 Å². The third kappa shape index (κ3) is 5.07. The van der Waals surface area contributed by atoms with Crippen LogP contribution in [-0.2, 0) is 26.1 Å². The van der Waals surface area contributed by atoms with E-state index in [1.165, 1.54) is 30.5 Å². The zero-order chi connectivity index (χ0) is 22.6. The van der Waals surface area contributed by atoms with Crippen molar-refractivity contribution in [3.05, 3.63) is 72.2 Å². The molecule has 0 atom stereocenters. The van der Waals surface area contributed by atoms with E-state index >= 15 is 0 Å². The highest BCUT2D eigenvalue weighted by Crippen LogP contribution is 2.34. The molecule has 0 saturated heterocycles. The van der Waals surface area contributed by atoms with Crippen molar-refractivity contribution < 1.29 is 36.6 Å². The number of furan rings is 1. The summed E-state index contributed by atoms with van der Waals surface area (Å²) < 4.78 is 47.6. The molecule has 3 aromatic rings. The molecular weight excluding hydrogens is 440 g/mol. The lowest BCUT2D eigenvalue weighted by Crippen LogP contribution is -2.23. The van der Waals surface area contributed by atoms with Crippen molar-refractivity contribution >= 4 is 27.6 Å². The van der Waals surface area contributed by atoms with Gasteiger partial charge in [-0.15, -0.1) is 0 Å². The highest BCUT2D eigenvalue weighted by molar-refractivity contribution is 7.89. The first-order valence-electron chi connectivity index (χ1n) is 9.39. The van der Waals surface area contributed by atoms with Crippen LogP contribution in [0.2, 0.25) is 0 Å². The smallest absolute Gasteiger partial charge is 0.338 e. The fraction of sp³-hybridized carbons (Fsp3) is 0.143. The van der Waals surface area contributed by atoms with E-state index in [4.69, 9.17) is 18.6 Å². The maximum atomic E-state index is 12.3. The van der Waals surface area contributed by atoms with Crippen molar-refractivity contribution in [2.45, 2.75) is 11.4 Å². The van der Waals surface area contributed by atoms with Crippen LogP contribution < -0.4 is 19.5 Å². The summed E-state index contributed by atoms with van der Waals surface area (Å²) >= 11 is 0. The number of hydrogen-bond donors (Lipinski definition) is 2. The highest BCUT2D eigenvalue weighted by atomic mass is 32.2. The van der Waals surface area contributed by atoms with E-state index in [0.717, 1.165) is 0 Å². The third-order valence-electron chi connectivity index (χ3n) is 4.41. The Morgan fingerprint density at radius 2 is 1.78 bits per heavy atom. The van der Waals surface area contributed by atoms with Gasteiger partial charge in [-0.2, -0.15) is 0 Å². The van der Waals surface area contributed by atoms with Gasteiger partial charge >= 0.3 is 5.97 Å². The molecule has 32 heavy (non-hydrogen) atoms. The van der Waals surface area contributed by atoms with Crippen molar-refractivity contribution in [1.82, 2.24) is 4.72 Å². The van der Waals surface area contributed by atoms with Crippen LogP contribution in [0.5, 0.6) is 11.5 Å². The number of hydrogen-bond acceptors (Lipinski definition) is 8. The molecule has 10 nitrogen and oxygen atoms in total. The Labute approximate surface area is 183 Å². The minimum Gasteiger partial charge on any atom is -0.468 e. The van der Waals surface area contributed by atoms with E-state index in [0.29, 0.717) is 22.9 Å². The summed E-state index contributed by atoms with van der Waals surface area (Å²) in [5.74, 6) is 0.245. The zero-order valence-electron chi connectivity index (χ0n) is 16.6. The lowest BCUT2D eigenvalue weighted by Gasteiger charge is -2.08. The Hall–Kier alpha value is -3.83. The van der Waals surface area contributed by atoms with Crippen LogP contribution in [0.15, 0.2) is 70.2 Å². The van der Waals surface area contributed by atoms with Gasteiger partial charge in [-0.05, 0) is 48.5 Å². The standard InChI is InChI=1S/C21H18N2O8S/c24-20(23-15-5-8-18-19(10-15)31-13-30-18)12-29-21(25)14-3-6-17(7-4-14)32(26,27)22-11-16-2-1-9-28-16/h1-10,22H,11-13H2,(H,23,24). The first-order valence-corrected chi connectivity index (χ1v) is 10.9. The maximum absolute atomic E-state index is 12.3. The van der Waals surface area contributed by atoms with Gasteiger partial charge in [-0.3, -0.25) is 4.79 Å². The topological polar surface area (TPSA) is 133 Å². The van der Waals surface area contributed by atoms with Crippen molar-refractivity contribution in [3.8, 4) is 11.5 Å². The quantitative estimate of drug-likeness (QED) is 0.491. The van der Waals surface area contributed by atoms with Crippen LogP contribution in [0.3, 0.4) is 0 Å². The number of carbonyl (C=O) groups is 2. The van der Waals surface area contributed by atoms with Crippen molar-refractivity contribution in [1.29, 1.82) is 0 Å². The molecule has 0 bridgehead atoms. The molecule has 0 unspecified atom stereocenters. The van der Waals surface area contributed by atoms with E-state index in [9.17, 15) is 18.0 Å². The molecule has 11 heteroatoms. The third-order valence-corrected chi connectivity index (χ3v) is 5.82. The number of carbonyl (C=O) groups excluding carboxylic acids is 2. The molecule has 1 aliphatic rings. The first kappa shape index (κ1) is 21.4. The van der Waals surface area contributed by atoms with Crippen LogP contribution in [0.1, 0.15) is 16.1 Å². The van der Waals surface area contributed by atoms with Crippen LogP contribution in [0, 0.1) is 0 Å². The molecule has 0 fully saturated rings. The number of sulfonamides is 1. The van der Waals surface area contributed by atoms with Crippen LogP contribution >= 0.6 is 0 Å². The van der Waals surface area contributed by atoms with E-state index in [-0.39, 0.29) is 23.8 Å². The Morgan fingerprint density at radius 3 is 2.53 bits per heavy atom. The normalized spacial score (nSPS) is 12.4. The summed E-state index contributed by atoms with van der Waals surface area (Å²) in [6, 6.07) is 13.3. The second-order valence-electron chi connectivity index (χ2n) is 6.62. The lowest BCUT2D eigenvalue weighted by molar-refractivity contribution is -0.119. The van der Waals surface area contributed by atoms with E-state index in [1.807, 2.05) is 0 Å². The van der Waals surface area contributed by atoms with Gasteiger partial charge in [-0.25, -0.2) is 17.9 Å². The Bertz CT molecular complexity index is 1220. The molecular formula is C21H18N2O8S. The number of rotatable bonds is 8. The number of fused-ring (bicyclic) bond motifs is 1. The number of benzene rings is 2.